The Morgan fingerprint density at radius 3 is 2.48 bits per heavy atom. The third-order valence-electron chi connectivity index (χ3n) is 3.84. The fraction of sp³-hybridized carbons (Fsp3) is 0.500. The number of para-hydroxylation sites is 1. The molecule has 2 atom stereocenters. The van der Waals surface area contributed by atoms with Crippen LogP contribution >= 0.6 is 0 Å². The number of primary amides is 1. The monoisotopic (exact) mass is 289 g/mol. The number of amides is 2. The van der Waals surface area contributed by atoms with Crippen LogP contribution in [-0.2, 0) is 4.79 Å². The van der Waals surface area contributed by atoms with Crippen molar-refractivity contribution in [3.05, 3.63) is 29.8 Å². The van der Waals surface area contributed by atoms with Crippen LogP contribution in [0.2, 0.25) is 0 Å². The number of hydrogen-bond acceptors (Lipinski definition) is 3. The second kappa shape index (κ2) is 6.61. The van der Waals surface area contributed by atoms with E-state index in [0.717, 1.165) is 13.1 Å². The van der Waals surface area contributed by atoms with E-state index < -0.39 is 5.91 Å². The summed E-state index contributed by atoms with van der Waals surface area (Å²) in [6, 6.07) is 6.97. The maximum atomic E-state index is 12.3. The lowest BCUT2D eigenvalue weighted by molar-refractivity contribution is -0.131. The van der Waals surface area contributed by atoms with E-state index in [0.29, 0.717) is 23.1 Å². The van der Waals surface area contributed by atoms with Crippen LogP contribution in [0.5, 0.6) is 0 Å². The fourth-order valence-corrected chi connectivity index (χ4v) is 3.00. The maximum absolute atomic E-state index is 12.3. The van der Waals surface area contributed by atoms with Gasteiger partial charge in [0.05, 0.1) is 12.1 Å². The van der Waals surface area contributed by atoms with Gasteiger partial charge in [0.2, 0.25) is 5.91 Å². The van der Waals surface area contributed by atoms with Gasteiger partial charge >= 0.3 is 0 Å². The number of nitrogens with two attached hydrogens (primary N) is 1. The molecule has 0 bridgehead atoms. The first-order valence-corrected chi connectivity index (χ1v) is 7.38. The van der Waals surface area contributed by atoms with Crippen LogP contribution in [0.25, 0.3) is 0 Å². The molecule has 2 amide bonds. The minimum atomic E-state index is -0.495. The topological polar surface area (TPSA) is 75.4 Å². The van der Waals surface area contributed by atoms with Crippen molar-refractivity contribution in [2.45, 2.75) is 20.3 Å². The number of hydrogen-bond donors (Lipinski definition) is 2. The molecule has 21 heavy (non-hydrogen) atoms. The van der Waals surface area contributed by atoms with E-state index in [1.807, 2.05) is 11.0 Å². The van der Waals surface area contributed by atoms with Gasteiger partial charge in [0.25, 0.3) is 5.91 Å². The second-order valence-corrected chi connectivity index (χ2v) is 6.01. The first-order chi connectivity index (χ1) is 9.97. The molecule has 0 aromatic heterocycles. The Bertz CT molecular complexity index is 520. The molecule has 5 nitrogen and oxygen atoms in total. The quantitative estimate of drug-likeness (QED) is 0.886. The Morgan fingerprint density at radius 1 is 1.24 bits per heavy atom. The summed E-state index contributed by atoms with van der Waals surface area (Å²) in [6.45, 7) is 6.14. The van der Waals surface area contributed by atoms with E-state index in [1.165, 1.54) is 6.42 Å². The lowest BCUT2D eigenvalue weighted by atomic mass is 9.92. The van der Waals surface area contributed by atoms with E-state index in [2.05, 4.69) is 19.2 Å². The van der Waals surface area contributed by atoms with E-state index in [4.69, 9.17) is 5.73 Å². The molecule has 1 aliphatic heterocycles. The minimum absolute atomic E-state index is 0.0627. The number of nitrogens with zero attached hydrogens (tertiary/aromatic N) is 1. The lowest BCUT2D eigenvalue weighted by Gasteiger charge is -2.35. The summed E-state index contributed by atoms with van der Waals surface area (Å²) in [7, 11) is 0. The zero-order valence-corrected chi connectivity index (χ0v) is 12.6. The molecule has 0 radical (unpaired) electrons. The number of benzene rings is 1. The van der Waals surface area contributed by atoms with Gasteiger partial charge in [0.1, 0.15) is 0 Å². The molecular formula is C16H23N3O2. The van der Waals surface area contributed by atoms with Crippen molar-refractivity contribution in [1.29, 1.82) is 0 Å². The number of nitrogens with one attached hydrogen (secondary N) is 1. The maximum Gasteiger partial charge on any atom is 0.250 e. The first-order valence-electron chi connectivity index (χ1n) is 7.38. The summed E-state index contributed by atoms with van der Waals surface area (Å²) in [4.78, 5) is 25.5. The molecular weight excluding hydrogens is 266 g/mol. The van der Waals surface area contributed by atoms with Gasteiger partial charge in [-0.2, -0.15) is 0 Å². The molecule has 1 saturated heterocycles. The predicted octanol–water partition coefficient (Wildman–Crippen LogP) is 1.70. The van der Waals surface area contributed by atoms with Crippen molar-refractivity contribution in [2.75, 3.05) is 25.0 Å². The van der Waals surface area contributed by atoms with Crippen molar-refractivity contribution < 1.29 is 9.59 Å². The van der Waals surface area contributed by atoms with Gasteiger partial charge in [-0.25, -0.2) is 0 Å². The summed E-state index contributed by atoms with van der Waals surface area (Å²) in [5.74, 6) is 0.643. The van der Waals surface area contributed by atoms with Crippen molar-refractivity contribution in [2.24, 2.45) is 17.6 Å². The van der Waals surface area contributed by atoms with Crippen LogP contribution in [-0.4, -0.2) is 36.3 Å². The summed E-state index contributed by atoms with van der Waals surface area (Å²) in [5, 5.41) is 3.03. The molecule has 3 N–H and O–H groups in total. The van der Waals surface area contributed by atoms with Crippen LogP contribution in [0.3, 0.4) is 0 Å². The third kappa shape index (κ3) is 3.97. The highest BCUT2D eigenvalue weighted by atomic mass is 16.2. The van der Waals surface area contributed by atoms with E-state index in [9.17, 15) is 9.59 Å². The average molecular weight is 289 g/mol. The van der Waals surface area contributed by atoms with Gasteiger partial charge in [-0.05, 0) is 30.4 Å². The number of anilines is 1. The third-order valence-corrected chi connectivity index (χ3v) is 3.84. The molecule has 0 aliphatic carbocycles. The van der Waals surface area contributed by atoms with E-state index in [1.54, 1.807) is 18.2 Å². The number of carbonyl (C=O) groups is 2. The van der Waals surface area contributed by atoms with Crippen molar-refractivity contribution in [1.82, 2.24) is 4.90 Å². The Morgan fingerprint density at radius 2 is 1.86 bits per heavy atom. The van der Waals surface area contributed by atoms with Crippen LogP contribution in [0.4, 0.5) is 5.69 Å². The zero-order chi connectivity index (χ0) is 15.4. The van der Waals surface area contributed by atoms with Gasteiger partial charge in [-0.1, -0.05) is 26.0 Å². The lowest BCUT2D eigenvalue weighted by Crippen LogP contribution is -2.44. The fourth-order valence-electron chi connectivity index (χ4n) is 3.00. The molecule has 0 saturated carbocycles. The highest BCUT2D eigenvalue weighted by Gasteiger charge is 2.25. The normalized spacial score (nSPS) is 21.9. The van der Waals surface area contributed by atoms with E-state index in [-0.39, 0.29) is 12.5 Å². The molecule has 0 spiro atoms. The second-order valence-electron chi connectivity index (χ2n) is 6.01. The number of carbonyl (C=O) groups excluding carboxylic acids is 2. The Hall–Kier alpha value is -2.04. The molecule has 2 rings (SSSR count). The standard InChI is InChI=1S/C16H23N3O2/c1-11-7-12(2)10-19(9-11)15(20)8-18-14-6-4-3-5-13(14)16(17)21/h3-6,11-12,18H,7-10H2,1-2H3,(H2,17,21)/t11-,12-/m0/s1. The summed E-state index contributed by atoms with van der Waals surface area (Å²) in [6.07, 6.45) is 1.17. The highest BCUT2D eigenvalue weighted by molar-refractivity contribution is 5.99. The van der Waals surface area contributed by atoms with E-state index >= 15 is 0 Å². The average Bonchev–Trinajstić information content (AvgIpc) is 2.43. The SMILES string of the molecule is C[C@H]1C[C@H](C)CN(C(=O)CNc2ccccc2C(N)=O)C1. The molecule has 1 heterocycles. The van der Waals surface area contributed by atoms with Crippen molar-refractivity contribution >= 4 is 17.5 Å². The number of piperidine rings is 1. The van der Waals surface area contributed by atoms with Crippen LogP contribution in [0.15, 0.2) is 24.3 Å². The minimum Gasteiger partial charge on any atom is -0.376 e. The van der Waals surface area contributed by atoms with Crippen LogP contribution < -0.4 is 11.1 Å². The Balaban J connectivity index is 1.97. The van der Waals surface area contributed by atoms with Gasteiger partial charge in [0, 0.05) is 18.8 Å². The molecule has 1 aromatic carbocycles. The molecule has 0 unspecified atom stereocenters. The van der Waals surface area contributed by atoms with Gasteiger partial charge in [-0.3, -0.25) is 9.59 Å². The van der Waals surface area contributed by atoms with Gasteiger partial charge in [-0.15, -0.1) is 0 Å². The molecule has 5 heteroatoms. The molecule has 1 fully saturated rings. The van der Waals surface area contributed by atoms with Gasteiger partial charge < -0.3 is 16.0 Å². The van der Waals surface area contributed by atoms with Crippen LogP contribution in [0.1, 0.15) is 30.6 Å². The molecule has 114 valence electrons. The summed E-state index contributed by atoms with van der Waals surface area (Å²) in [5.41, 5.74) is 6.34. The smallest absolute Gasteiger partial charge is 0.250 e. The highest BCUT2D eigenvalue weighted by Crippen LogP contribution is 2.21. The first kappa shape index (κ1) is 15.4. The number of likely N-dealkylation sites (tertiary alicyclic amines) is 1. The van der Waals surface area contributed by atoms with Crippen molar-refractivity contribution in [3.63, 3.8) is 0 Å². The summed E-state index contributed by atoms with van der Waals surface area (Å²) < 4.78 is 0. The molecule has 1 aliphatic rings. The van der Waals surface area contributed by atoms with Crippen LogP contribution in [0, 0.1) is 11.8 Å². The van der Waals surface area contributed by atoms with Gasteiger partial charge in [0.15, 0.2) is 0 Å². The predicted molar refractivity (Wildman–Crippen MR) is 83.0 cm³/mol. The molecule has 1 aromatic rings. The Labute approximate surface area is 125 Å². The van der Waals surface area contributed by atoms with Crippen molar-refractivity contribution in [3.8, 4) is 0 Å². The Kier molecular flexibility index (Phi) is 4.83. The summed E-state index contributed by atoms with van der Waals surface area (Å²) >= 11 is 0. The number of rotatable bonds is 4. The largest absolute Gasteiger partial charge is 0.376 e. The zero-order valence-electron chi connectivity index (χ0n) is 12.6.